The summed E-state index contributed by atoms with van der Waals surface area (Å²) in [5.41, 5.74) is 2.58. The standard InChI is InChI=1S/C15H13ClN4O/c1-9-5-6-10(8-12(9)16)15-19-14(20-21-15)11-4-3-7-18-13(11)17-2/h3-8H,1-2H3,(H,17,18). The van der Waals surface area contributed by atoms with Gasteiger partial charge in [-0.1, -0.05) is 22.8 Å². The second-order valence-corrected chi connectivity index (χ2v) is 4.94. The number of hydrogen-bond acceptors (Lipinski definition) is 5. The van der Waals surface area contributed by atoms with Gasteiger partial charge in [0.05, 0.1) is 5.56 Å². The SMILES string of the molecule is CNc1ncccc1-c1noc(-c2ccc(C)c(Cl)c2)n1. The summed E-state index contributed by atoms with van der Waals surface area (Å²) in [6.45, 7) is 1.94. The first-order valence-electron chi connectivity index (χ1n) is 6.42. The fraction of sp³-hybridized carbons (Fsp3) is 0.133. The van der Waals surface area contributed by atoms with Crippen LogP contribution in [0.1, 0.15) is 5.56 Å². The van der Waals surface area contributed by atoms with Crippen molar-refractivity contribution in [2.24, 2.45) is 0 Å². The summed E-state index contributed by atoms with van der Waals surface area (Å²) in [5, 5.41) is 7.69. The Labute approximate surface area is 127 Å². The molecule has 3 aromatic rings. The largest absolute Gasteiger partial charge is 0.373 e. The molecule has 0 unspecified atom stereocenters. The number of nitrogens with one attached hydrogen (secondary N) is 1. The van der Waals surface area contributed by atoms with Crippen LogP contribution in [-0.2, 0) is 0 Å². The van der Waals surface area contributed by atoms with E-state index < -0.39 is 0 Å². The number of aromatic nitrogens is 3. The molecular formula is C15H13ClN4O. The zero-order chi connectivity index (χ0) is 14.8. The van der Waals surface area contributed by atoms with Crippen molar-refractivity contribution in [2.45, 2.75) is 6.92 Å². The fourth-order valence-corrected chi connectivity index (χ4v) is 2.14. The van der Waals surface area contributed by atoms with Crippen molar-refractivity contribution in [3.05, 3.63) is 47.1 Å². The molecule has 0 amide bonds. The second-order valence-electron chi connectivity index (χ2n) is 4.54. The summed E-state index contributed by atoms with van der Waals surface area (Å²) < 4.78 is 5.32. The number of rotatable bonds is 3. The molecule has 0 radical (unpaired) electrons. The number of aryl methyl sites for hydroxylation is 1. The Balaban J connectivity index is 2.01. The minimum atomic E-state index is 0.429. The molecular weight excluding hydrogens is 288 g/mol. The zero-order valence-electron chi connectivity index (χ0n) is 11.6. The van der Waals surface area contributed by atoms with Gasteiger partial charge in [0.1, 0.15) is 5.82 Å². The number of nitrogens with zero attached hydrogens (tertiary/aromatic N) is 3. The topological polar surface area (TPSA) is 63.8 Å². The van der Waals surface area contributed by atoms with E-state index in [0.717, 1.165) is 16.7 Å². The molecule has 0 bridgehead atoms. The molecule has 0 atom stereocenters. The summed E-state index contributed by atoms with van der Waals surface area (Å²) in [6, 6.07) is 9.35. The van der Waals surface area contributed by atoms with Gasteiger partial charge in [-0.05, 0) is 36.8 Å². The summed E-state index contributed by atoms with van der Waals surface area (Å²) >= 11 is 6.13. The lowest BCUT2D eigenvalue weighted by Gasteiger charge is -2.02. The van der Waals surface area contributed by atoms with E-state index in [1.165, 1.54) is 0 Å². The van der Waals surface area contributed by atoms with Gasteiger partial charge < -0.3 is 9.84 Å². The lowest BCUT2D eigenvalue weighted by atomic mass is 10.1. The van der Waals surface area contributed by atoms with Gasteiger partial charge in [-0.2, -0.15) is 4.98 Å². The smallest absolute Gasteiger partial charge is 0.258 e. The van der Waals surface area contributed by atoms with E-state index in [1.807, 2.05) is 37.3 Å². The van der Waals surface area contributed by atoms with Crippen molar-refractivity contribution in [3.63, 3.8) is 0 Å². The molecule has 106 valence electrons. The third kappa shape index (κ3) is 2.60. The second kappa shape index (κ2) is 5.54. The quantitative estimate of drug-likeness (QED) is 0.797. The van der Waals surface area contributed by atoms with Crippen molar-refractivity contribution < 1.29 is 4.52 Å². The Morgan fingerprint density at radius 1 is 1.24 bits per heavy atom. The van der Waals surface area contributed by atoms with Gasteiger partial charge in [0.25, 0.3) is 5.89 Å². The zero-order valence-corrected chi connectivity index (χ0v) is 12.3. The van der Waals surface area contributed by atoms with Gasteiger partial charge in [0.15, 0.2) is 0 Å². The number of pyridine rings is 1. The maximum atomic E-state index is 6.13. The van der Waals surface area contributed by atoms with Gasteiger partial charge in [-0.15, -0.1) is 0 Å². The number of halogens is 1. The average Bonchev–Trinajstić information content (AvgIpc) is 2.99. The average molecular weight is 301 g/mol. The van der Waals surface area contributed by atoms with Crippen LogP contribution in [0.15, 0.2) is 41.1 Å². The van der Waals surface area contributed by atoms with Crippen molar-refractivity contribution in [3.8, 4) is 22.8 Å². The summed E-state index contributed by atoms with van der Waals surface area (Å²) in [7, 11) is 1.80. The summed E-state index contributed by atoms with van der Waals surface area (Å²) in [5.74, 6) is 1.61. The maximum absolute atomic E-state index is 6.13. The highest BCUT2D eigenvalue weighted by molar-refractivity contribution is 6.31. The van der Waals surface area contributed by atoms with Crippen LogP contribution in [0, 0.1) is 6.92 Å². The maximum Gasteiger partial charge on any atom is 0.258 e. The molecule has 2 heterocycles. The lowest BCUT2D eigenvalue weighted by Crippen LogP contribution is -1.95. The predicted octanol–water partition coefficient (Wildman–Crippen LogP) is 3.80. The van der Waals surface area contributed by atoms with Crippen LogP contribution >= 0.6 is 11.6 Å². The Morgan fingerprint density at radius 2 is 2.10 bits per heavy atom. The van der Waals surface area contributed by atoms with E-state index in [2.05, 4.69) is 20.4 Å². The van der Waals surface area contributed by atoms with Gasteiger partial charge in [0.2, 0.25) is 5.82 Å². The molecule has 5 nitrogen and oxygen atoms in total. The number of anilines is 1. The lowest BCUT2D eigenvalue weighted by molar-refractivity contribution is 0.432. The van der Waals surface area contributed by atoms with Crippen LogP contribution in [-0.4, -0.2) is 22.2 Å². The minimum absolute atomic E-state index is 0.429. The van der Waals surface area contributed by atoms with Gasteiger partial charge in [0, 0.05) is 23.8 Å². The minimum Gasteiger partial charge on any atom is -0.373 e. The number of hydrogen-bond donors (Lipinski definition) is 1. The Kier molecular flexibility index (Phi) is 3.58. The van der Waals surface area contributed by atoms with Gasteiger partial charge in [-0.3, -0.25) is 0 Å². The van der Waals surface area contributed by atoms with Crippen LogP contribution in [0.25, 0.3) is 22.8 Å². The molecule has 3 rings (SSSR count). The number of benzene rings is 1. The Bertz CT molecular complexity index is 785. The van der Waals surface area contributed by atoms with Crippen molar-refractivity contribution >= 4 is 17.4 Å². The molecule has 21 heavy (non-hydrogen) atoms. The normalized spacial score (nSPS) is 10.6. The van der Waals surface area contributed by atoms with Gasteiger partial charge >= 0.3 is 0 Å². The van der Waals surface area contributed by atoms with Crippen LogP contribution in [0.2, 0.25) is 5.02 Å². The summed E-state index contributed by atoms with van der Waals surface area (Å²) in [6.07, 6.45) is 1.70. The molecule has 1 aromatic carbocycles. The first kappa shape index (κ1) is 13.6. The fourth-order valence-electron chi connectivity index (χ4n) is 1.96. The van der Waals surface area contributed by atoms with Crippen LogP contribution in [0.5, 0.6) is 0 Å². The van der Waals surface area contributed by atoms with E-state index in [0.29, 0.717) is 22.6 Å². The van der Waals surface area contributed by atoms with Crippen LogP contribution < -0.4 is 5.32 Å². The molecule has 1 N–H and O–H groups in total. The summed E-state index contributed by atoms with van der Waals surface area (Å²) in [4.78, 5) is 8.64. The molecule has 0 aliphatic rings. The Morgan fingerprint density at radius 3 is 2.86 bits per heavy atom. The van der Waals surface area contributed by atoms with E-state index in [4.69, 9.17) is 16.1 Å². The third-order valence-corrected chi connectivity index (χ3v) is 3.54. The van der Waals surface area contributed by atoms with E-state index in [9.17, 15) is 0 Å². The van der Waals surface area contributed by atoms with Gasteiger partial charge in [-0.25, -0.2) is 4.98 Å². The predicted molar refractivity (Wildman–Crippen MR) is 82.3 cm³/mol. The van der Waals surface area contributed by atoms with Crippen molar-refractivity contribution in [1.29, 1.82) is 0 Å². The third-order valence-electron chi connectivity index (χ3n) is 3.13. The highest BCUT2D eigenvalue weighted by atomic mass is 35.5. The van der Waals surface area contributed by atoms with E-state index >= 15 is 0 Å². The Hall–Kier alpha value is -2.40. The molecule has 0 saturated carbocycles. The first-order chi connectivity index (χ1) is 10.2. The highest BCUT2D eigenvalue weighted by Crippen LogP contribution is 2.28. The molecule has 0 spiro atoms. The van der Waals surface area contributed by atoms with E-state index in [-0.39, 0.29) is 0 Å². The van der Waals surface area contributed by atoms with Crippen LogP contribution in [0.4, 0.5) is 5.82 Å². The molecule has 0 aliphatic heterocycles. The first-order valence-corrected chi connectivity index (χ1v) is 6.80. The van der Waals surface area contributed by atoms with Crippen molar-refractivity contribution in [1.82, 2.24) is 15.1 Å². The highest BCUT2D eigenvalue weighted by Gasteiger charge is 2.14. The molecule has 6 heteroatoms. The van der Waals surface area contributed by atoms with E-state index in [1.54, 1.807) is 13.2 Å². The molecule has 2 aromatic heterocycles. The monoisotopic (exact) mass is 300 g/mol. The molecule has 0 saturated heterocycles. The van der Waals surface area contributed by atoms with Crippen LogP contribution in [0.3, 0.4) is 0 Å². The molecule has 0 fully saturated rings. The molecule has 0 aliphatic carbocycles. The van der Waals surface area contributed by atoms with Crippen molar-refractivity contribution in [2.75, 3.05) is 12.4 Å².